The molecule has 0 radical (unpaired) electrons. The van der Waals surface area contributed by atoms with E-state index in [0.29, 0.717) is 17.1 Å². The lowest BCUT2D eigenvalue weighted by molar-refractivity contribution is 0.219. The summed E-state index contributed by atoms with van der Waals surface area (Å²) in [6, 6.07) is 0.382. The molecule has 0 saturated heterocycles. The van der Waals surface area contributed by atoms with E-state index in [1.807, 2.05) is 20.1 Å². The summed E-state index contributed by atoms with van der Waals surface area (Å²) in [4.78, 5) is 12.6. The third-order valence-electron chi connectivity index (χ3n) is 1.65. The normalized spacial score (nSPS) is 10.6. The van der Waals surface area contributed by atoms with Crippen LogP contribution in [0, 0.1) is 0 Å². The molecule has 1 rings (SSSR count). The zero-order valence-electron chi connectivity index (χ0n) is 10.1. The van der Waals surface area contributed by atoms with Gasteiger partial charge >= 0.3 is 6.01 Å². The van der Waals surface area contributed by atoms with E-state index >= 15 is 0 Å². The highest BCUT2D eigenvalue weighted by atomic mass is 32.2. The first-order valence-electron chi connectivity index (χ1n) is 5.36. The van der Waals surface area contributed by atoms with Crippen LogP contribution in [0.1, 0.15) is 27.2 Å². The Morgan fingerprint density at radius 1 is 1.31 bits per heavy atom. The van der Waals surface area contributed by atoms with Crippen LogP contribution >= 0.6 is 11.8 Å². The number of hydrogen-bond acceptors (Lipinski definition) is 6. The second-order valence-corrected chi connectivity index (χ2v) is 4.30. The second kappa shape index (κ2) is 6.52. The van der Waals surface area contributed by atoms with E-state index in [1.54, 1.807) is 0 Å². The van der Waals surface area contributed by atoms with Crippen molar-refractivity contribution in [1.82, 2.24) is 15.0 Å². The number of thioether (sulfide) groups is 1. The van der Waals surface area contributed by atoms with Crippen LogP contribution in [0.3, 0.4) is 0 Å². The van der Waals surface area contributed by atoms with Crippen LogP contribution < -0.4 is 10.1 Å². The van der Waals surface area contributed by atoms with Gasteiger partial charge in [-0.3, -0.25) is 0 Å². The summed E-state index contributed by atoms with van der Waals surface area (Å²) in [6.07, 6.45) is 3.02. The van der Waals surface area contributed by atoms with Crippen molar-refractivity contribution >= 4 is 17.7 Å². The molecule has 1 aromatic heterocycles. The summed E-state index contributed by atoms with van der Waals surface area (Å²) in [6.45, 7) is 6.83. The van der Waals surface area contributed by atoms with Crippen LogP contribution in [0.5, 0.6) is 6.01 Å². The van der Waals surface area contributed by atoms with Gasteiger partial charge < -0.3 is 10.1 Å². The molecule has 0 fully saturated rings. The molecule has 5 nitrogen and oxygen atoms in total. The molecule has 0 aliphatic carbocycles. The molecular weight excluding hydrogens is 224 g/mol. The molecule has 90 valence electrons. The molecule has 0 unspecified atom stereocenters. The number of rotatable bonds is 6. The summed E-state index contributed by atoms with van der Waals surface area (Å²) >= 11 is 1.48. The van der Waals surface area contributed by atoms with E-state index in [1.165, 1.54) is 11.8 Å². The van der Waals surface area contributed by atoms with Crippen molar-refractivity contribution in [3.05, 3.63) is 0 Å². The molecule has 1 heterocycles. The Bertz CT molecular complexity index is 333. The highest BCUT2D eigenvalue weighted by Crippen LogP contribution is 2.15. The molecule has 0 saturated carbocycles. The minimum absolute atomic E-state index is 0.0659. The fraction of sp³-hybridized carbons (Fsp3) is 0.700. The van der Waals surface area contributed by atoms with Crippen molar-refractivity contribution in [2.24, 2.45) is 0 Å². The van der Waals surface area contributed by atoms with Gasteiger partial charge in [-0.15, -0.1) is 0 Å². The third-order valence-corrected chi connectivity index (χ3v) is 2.20. The number of hydrogen-bond donors (Lipinski definition) is 1. The van der Waals surface area contributed by atoms with Gasteiger partial charge in [-0.05, 0) is 26.5 Å². The summed E-state index contributed by atoms with van der Waals surface area (Å²) in [7, 11) is 0. The van der Waals surface area contributed by atoms with Crippen LogP contribution in [-0.2, 0) is 0 Å². The molecule has 0 aliphatic heterocycles. The first-order valence-corrected chi connectivity index (χ1v) is 6.58. The number of aromatic nitrogens is 3. The molecule has 6 heteroatoms. The van der Waals surface area contributed by atoms with Gasteiger partial charge in [0.2, 0.25) is 5.95 Å². The number of anilines is 1. The van der Waals surface area contributed by atoms with E-state index in [9.17, 15) is 0 Å². The third kappa shape index (κ3) is 4.22. The lowest BCUT2D eigenvalue weighted by Gasteiger charge is -2.10. The first-order chi connectivity index (χ1) is 7.65. The molecular formula is C10H18N4OS. The van der Waals surface area contributed by atoms with Crippen molar-refractivity contribution in [2.75, 3.05) is 18.1 Å². The van der Waals surface area contributed by atoms with Gasteiger partial charge in [-0.25, -0.2) is 0 Å². The van der Waals surface area contributed by atoms with Gasteiger partial charge in [-0.1, -0.05) is 18.7 Å². The zero-order chi connectivity index (χ0) is 12.0. The predicted octanol–water partition coefficient (Wildman–Crippen LogP) is 2.20. The van der Waals surface area contributed by atoms with E-state index in [2.05, 4.69) is 27.2 Å². The Morgan fingerprint density at radius 2 is 2.06 bits per heavy atom. The molecule has 0 atom stereocenters. The van der Waals surface area contributed by atoms with Crippen LogP contribution in [0.25, 0.3) is 0 Å². The molecule has 1 aromatic rings. The van der Waals surface area contributed by atoms with Gasteiger partial charge in [0.05, 0.1) is 6.10 Å². The van der Waals surface area contributed by atoms with Crippen molar-refractivity contribution in [2.45, 2.75) is 38.5 Å². The van der Waals surface area contributed by atoms with Crippen molar-refractivity contribution in [3.63, 3.8) is 0 Å². The monoisotopic (exact) mass is 242 g/mol. The summed E-state index contributed by atoms with van der Waals surface area (Å²) in [5.41, 5.74) is 0. The average molecular weight is 242 g/mol. The number of ether oxygens (including phenoxy) is 1. The Labute approximate surface area is 100 Å². The van der Waals surface area contributed by atoms with Gasteiger partial charge in [-0.2, -0.15) is 15.0 Å². The van der Waals surface area contributed by atoms with Crippen molar-refractivity contribution in [3.8, 4) is 6.01 Å². The lowest BCUT2D eigenvalue weighted by atomic mass is 10.5. The fourth-order valence-corrected chi connectivity index (χ4v) is 1.36. The molecule has 0 aromatic carbocycles. The van der Waals surface area contributed by atoms with Gasteiger partial charge in [0.15, 0.2) is 5.16 Å². The Kier molecular flexibility index (Phi) is 5.31. The van der Waals surface area contributed by atoms with Crippen molar-refractivity contribution < 1.29 is 4.74 Å². The first kappa shape index (κ1) is 13.0. The standard InChI is InChI=1S/C10H18N4OS/c1-5-6-11-8-12-9(15-7(2)3)14-10(13-8)16-4/h7H,5-6H2,1-4H3,(H,11,12,13,14). The van der Waals surface area contributed by atoms with Crippen LogP contribution in [0.4, 0.5) is 5.95 Å². The van der Waals surface area contributed by atoms with E-state index in [-0.39, 0.29) is 6.10 Å². The Morgan fingerprint density at radius 3 is 2.62 bits per heavy atom. The second-order valence-electron chi connectivity index (χ2n) is 3.52. The highest BCUT2D eigenvalue weighted by Gasteiger charge is 2.07. The molecule has 0 amide bonds. The number of nitrogens with zero attached hydrogens (tertiary/aromatic N) is 3. The lowest BCUT2D eigenvalue weighted by Crippen LogP contribution is -2.12. The largest absolute Gasteiger partial charge is 0.461 e. The van der Waals surface area contributed by atoms with E-state index < -0.39 is 0 Å². The molecule has 16 heavy (non-hydrogen) atoms. The van der Waals surface area contributed by atoms with Gasteiger partial charge in [0, 0.05) is 6.54 Å². The Hall–Kier alpha value is -1.04. The highest BCUT2D eigenvalue weighted by molar-refractivity contribution is 7.98. The van der Waals surface area contributed by atoms with E-state index in [4.69, 9.17) is 4.74 Å². The maximum atomic E-state index is 5.46. The smallest absolute Gasteiger partial charge is 0.322 e. The van der Waals surface area contributed by atoms with Crippen LogP contribution in [0.15, 0.2) is 5.16 Å². The molecule has 0 aliphatic rings. The topological polar surface area (TPSA) is 59.9 Å². The quantitative estimate of drug-likeness (QED) is 0.772. The fourth-order valence-electron chi connectivity index (χ4n) is 1.01. The average Bonchev–Trinajstić information content (AvgIpc) is 2.25. The summed E-state index contributed by atoms with van der Waals surface area (Å²) in [5, 5.41) is 3.80. The zero-order valence-corrected chi connectivity index (χ0v) is 11.0. The van der Waals surface area contributed by atoms with E-state index in [0.717, 1.165) is 13.0 Å². The predicted molar refractivity (Wildman–Crippen MR) is 66.2 cm³/mol. The summed E-state index contributed by atoms with van der Waals surface area (Å²) < 4.78 is 5.46. The summed E-state index contributed by atoms with van der Waals surface area (Å²) in [5.74, 6) is 0.580. The van der Waals surface area contributed by atoms with Gasteiger partial charge in [0.1, 0.15) is 0 Å². The minimum atomic E-state index is 0.0659. The van der Waals surface area contributed by atoms with Gasteiger partial charge in [0.25, 0.3) is 0 Å². The minimum Gasteiger partial charge on any atom is -0.461 e. The molecule has 0 bridgehead atoms. The molecule has 0 spiro atoms. The maximum absolute atomic E-state index is 5.46. The SMILES string of the molecule is CCCNc1nc(OC(C)C)nc(SC)n1. The molecule has 1 N–H and O–H groups in total. The maximum Gasteiger partial charge on any atom is 0.322 e. The van der Waals surface area contributed by atoms with Crippen LogP contribution in [0.2, 0.25) is 0 Å². The van der Waals surface area contributed by atoms with Crippen LogP contribution in [-0.4, -0.2) is 33.9 Å². The Balaban J connectivity index is 2.82. The van der Waals surface area contributed by atoms with Crippen molar-refractivity contribution in [1.29, 1.82) is 0 Å². The number of nitrogens with one attached hydrogen (secondary N) is 1.